The van der Waals surface area contributed by atoms with Crippen LogP contribution in [-0.2, 0) is 0 Å². The van der Waals surface area contributed by atoms with E-state index in [1.165, 1.54) is 0 Å². The predicted octanol–water partition coefficient (Wildman–Crippen LogP) is 2.42. The second-order valence-corrected chi connectivity index (χ2v) is 2.89. The van der Waals surface area contributed by atoms with E-state index in [9.17, 15) is 0 Å². The third-order valence-corrected chi connectivity index (χ3v) is 1.62. The molecule has 0 rings (SSSR count). The second-order valence-electron chi connectivity index (χ2n) is 2.58. The van der Waals surface area contributed by atoms with E-state index in [0.29, 0.717) is 18.0 Å². The summed E-state index contributed by atoms with van der Waals surface area (Å²) in [5.74, 6) is 0.717. The van der Waals surface area contributed by atoms with Crippen LogP contribution in [0.3, 0.4) is 0 Å². The summed E-state index contributed by atoms with van der Waals surface area (Å²) in [5.41, 5.74) is 0. The van der Waals surface area contributed by atoms with Gasteiger partial charge in [-0.15, -0.1) is 24.0 Å². The highest BCUT2D eigenvalue weighted by atomic mass is 35.5. The second kappa shape index (κ2) is 7.64. The third-order valence-electron chi connectivity index (χ3n) is 1.25. The maximum atomic E-state index is 5.65. The van der Waals surface area contributed by atoms with E-state index in [2.05, 4.69) is 26.1 Å². The predicted molar refractivity (Wildman–Crippen MR) is 50.3 cm³/mol. The maximum Gasteiger partial charge on any atom is 0.0377 e. The van der Waals surface area contributed by atoms with Crippen LogP contribution in [0, 0.1) is 0 Å². The van der Waals surface area contributed by atoms with Gasteiger partial charge in [-0.3, -0.25) is 0 Å². The Hall–Kier alpha value is 0.540. The molecule has 0 heterocycles. The largest absolute Gasteiger partial charge is 0.311 e. The van der Waals surface area contributed by atoms with Gasteiger partial charge in [0.2, 0.25) is 0 Å². The van der Waals surface area contributed by atoms with E-state index in [1.807, 2.05) is 0 Å². The molecule has 0 bridgehead atoms. The minimum Gasteiger partial charge on any atom is -0.311 e. The summed E-state index contributed by atoms with van der Waals surface area (Å²) in [6.45, 7) is 6.41. The van der Waals surface area contributed by atoms with Crippen molar-refractivity contribution in [1.82, 2.24) is 5.32 Å². The normalized spacial score (nSPS) is 12.9. The molecule has 10 heavy (non-hydrogen) atoms. The van der Waals surface area contributed by atoms with Gasteiger partial charge in [-0.2, -0.15) is 0 Å². The quantitative estimate of drug-likeness (QED) is 0.665. The van der Waals surface area contributed by atoms with Gasteiger partial charge >= 0.3 is 0 Å². The van der Waals surface area contributed by atoms with Crippen LogP contribution in [-0.4, -0.2) is 18.0 Å². The Labute approximate surface area is 74.9 Å². The smallest absolute Gasteiger partial charge is 0.0377 e. The maximum absolute atomic E-state index is 5.65. The molecular weight excluding hydrogens is 169 g/mol. The van der Waals surface area contributed by atoms with Crippen LogP contribution < -0.4 is 5.32 Å². The Kier molecular flexibility index (Phi) is 10.1. The molecule has 0 aliphatic carbocycles. The molecule has 1 nitrogen and oxygen atoms in total. The molecular formula is C7H17Cl2N. The Morgan fingerprint density at radius 1 is 1.40 bits per heavy atom. The molecule has 3 heteroatoms. The lowest BCUT2D eigenvalue weighted by atomic mass is 10.2. The van der Waals surface area contributed by atoms with Gasteiger partial charge < -0.3 is 5.32 Å². The molecule has 0 amide bonds. The number of nitrogens with one attached hydrogen (secondary N) is 1. The molecule has 0 radical (unpaired) electrons. The highest BCUT2D eigenvalue weighted by Crippen LogP contribution is 1.95. The van der Waals surface area contributed by atoms with Crippen molar-refractivity contribution in [3.05, 3.63) is 0 Å². The summed E-state index contributed by atoms with van der Waals surface area (Å²) in [6, 6.07) is 1.04. The first-order valence-electron chi connectivity index (χ1n) is 3.52. The summed E-state index contributed by atoms with van der Waals surface area (Å²) < 4.78 is 0. The Morgan fingerprint density at radius 3 is 2.00 bits per heavy atom. The topological polar surface area (TPSA) is 12.0 Å². The summed E-state index contributed by atoms with van der Waals surface area (Å²) >= 11 is 5.65. The highest BCUT2D eigenvalue weighted by molar-refractivity contribution is 6.18. The molecule has 0 spiro atoms. The van der Waals surface area contributed by atoms with Crippen molar-refractivity contribution >= 4 is 24.0 Å². The molecule has 1 unspecified atom stereocenters. The fraction of sp³-hybridized carbons (Fsp3) is 1.00. The molecule has 1 atom stereocenters. The van der Waals surface area contributed by atoms with Crippen molar-refractivity contribution in [3.63, 3.8) is 0 Å². The van der Waals surface area contributed by atoms with Crippen molar-refractivity contribution in [2.24, 2.45) is 0 Å². The lowest BCUT2D eigenvalue weighted by molar-refractivity contribution is 0.483. The van der Waals surface area contributed by atoms with Crippen LogP contribution in [0.1, 0.15) is 27.2 Å². The standard InChI is InChI=1S/C7H16ClN.ClH/c1-4-7(5-8)9-6(2)3;/h6-7,9H,4-5H2,1-3H3;1H. The minimum atomic E-state index is 0. The van der Waals surface area contributed by atoms with E-state index >= 15 is 0 Å². The van der Waals surface area contributed by atoms with Gasteiger partial charge in [0.15, 0.2) is 0 Å². The molecule has 64 valence electrons. The van der Waals surface area contributed by atoms with Crippen molar-refractivity contribution in [3.8, 4) is 0 Å². The first-order valence-corrected chi connectivity index (χ1v) is 4.06. The fourth-order valence-electron chi connectivity index (χ4n) is 0.743. The first kappa shape index (κ1) is 13.2. The first-order chi connectivity index (χ1) is 4.20. The zero-order chi connectivity index (χ0) is 7.28. The van der Waals surface area contributed by atoms with Crippen LogP contribution in [0.25, 0.3) is 0 Å². The van der Waals surface area contributed by atoms with Gasteiger partial charge in [-0.1, -0.05) is 20.8 Å². The number of hydrogen-bond acceptors (Lipinski definition) is 1. The number of hydrogen-bond donors (Lipinski definition) is 1. The molecule has 1 N–H and O–H groups in total. The van der Waals surface area contributed by atoms with Crippen molar-refractivity contribution in [2.45, 2.75) is 39.3 Å². The fourth-order valence-corrected chi connectivity index (χ4v) is 1.05. The summed E-state index contributed by atoms with van der Waals surface area (Å²) in [4.78, 5) is 0. The Bertz CT molecular complexity index is 62.6. The average Bonchev–Trinajstić information content (AvgIpc) is 1.82. The van der Waals surface area contributed by atoms with E-state index in [1.54, 1.807) is 0 Å². The van der Waals surface area contributed by atoms with Crippen LogP contribution in [0.5, 0.6) is 0 Å². The van der Waals surface area contributed by atoms with Gasteiger partial charge in [0.1, 0.15) is 0 Å². The van der Waals surface area contributed by atoms with Crippen LogP contribution in [0.4, 0.5) is 0 Å². The van der Waals surface area contributed by atoms with Gasteiger partial charge in [-0.25, -0.2) is 0 Å². The molecule has 0 aromatic carbocycles. The van der Waals surface area contributed by atoms with Crippen molar-refractivity contribution in [1.29, 1.82) is 0 Å². The SMILES string of the molecule is CCC(CCl)NC(C)C.Cl. The van der Waals surface area contributed by atoms with Gasteiger partial charge in [0.05, 0.1) is 0 Å². The number of halogens is 2. The van der Waals surface area contributed by atoms with Crippen LogP contribution >= 0.6 is 24.0 Å². The van der Waals surface area contributed by atoms with E-state index in [0.717, 1.165) is 6.42 Å². The lowest BCUT2D eigenvalue weighted by Gasteiger charge is -2.16. The summed E-state index contributed by atoms with van der Waals surface area (Å²) in [6.07, 6.45) is 1.11. The van der Waals surface area contributed by atoms with Crippen LogP contribution in [0.15, 0.2) is 0 Å². The molecule has 0 saturated heterocycles. The average molecular weight is 186 g/mol. The highest BCUT2D eigenvalue weighted by Gasteiger charge is 2.03. The van der Waals surface area contributed by atoms with Gasteiger partial charge in [0.25, 0.3) is 0 Å². The molecule has 0 fully saturated rings. The summed E-state index contributed by atoms with van der Waals surface area (Å²) in [5, 5.41) is 3.35. The lowest BCUT2D eigenvalue weighted by Crippen LogP contribution is -2.35. The Balaban J connectivity index is 0. The summed E-state index contributed by atoms with van der Waals surface area (Å²) in [7, 11) is 0. The zero-order valence-electron chi connectivity index (χ0n) is 6.86. The van der Waals surface area contributed by atoms with Crippen LogP contribution in [0.2, 0.25) is 0 Å². The molecule has 0 aromatic heterocycles. The van der Waals surface area contributed by atoms with Crippen molar-refractivity contribution in [2.75, 3.05) is 5.88 Å². The monoisotopic (exact) mass is 185 g/mol. The number of alkyl halides is 1. The third kappa shape index (κ3) is 6.66. The van der Waals surface area contributed by atoms with Crippen molar-refractivity contribution < 1.29 is 0 Å². The molecule has 0 aliphatic heterocycles. The van der Waals surface area contributed by atoms with E-state index in [-0.39, 0.29) is 12.4 Å². The van der Waals surface area contributed by atoms with Gasteiger partial charge in [0, 0.05) is 18.0 Å². The Morgan fingerprint density at radius 2 is 1.90 bits per heavy atom. The molecule has 0 aliphatic rings. The molecule has 0 saturated carbocycles. The molecule has 0 aromatic rings. The number of rotatable bonds is 4. The minimum absolute atomic E-state index is 0. The zero-order valence-corrected chi connectivity index (χ0v) is 8.43. The van der Waals surface area contributed by atoms with Gasteiger partial charge in [-0.05, 0) is 6.42 Å². The van der Waals surface area contributed by atoms with E-state index in [4.69, 9.17) is 11.6 Å². The van der Waals surface area contributed by atoms with E-state index < -0.39 is 0 Å².